The molecule has 0 aromatic carbocycles. The van der Waals surface area contributed by atoms with Gasteiger partial charge in [0.1, 0.15) is 0 Å². The van der Waals surface area contributed by atoms with Crippen molar-refractivity contribution >= 4 is 22.0 Å². The van der Waals surface area contributed by atoms with Gasteiger partial charge >= 0.3 is 77.8 Å². The van der Waals surface area contributed by atoms with E-state index >= 15 is 0 Å². The Morgan fingerprint density at radius 3 is 2.25 bits per heavy atom. The van der Waals surface area contributed by atoms with Crippen molar-refractivity contribution in [3.63, 3.8) is 0 Å². The molecule has 2 nitrogen and oxygen atoms in total. The molecule has 1 heterocycles. The van der Waals surface area contributed by atoms with Crippen LogP contribution in [-0.2, 0) is 0 Å². The Morgan fingerprint density at radius 1 is 1.25 bits per heavy atom. The van der Waals surface area contributed by atoms with Gasteiger partial charge in [0, 0.05) is 0 Å². The molecule has 1 aromatic rings. The van der Waals surface area contributed by atoms with E-state index in [2.05, 4.69) is 25.9 Å². The molecular formula is C9H15NOSn. The van der Waals surface area contributed by atoms with E-state index in [-0.39, 0.29) is 0 Å². The van der Waals surface area contributed by atoms with E-state index in [1.165, 1.54) is 3.58 Å². The molecule has 0 spiro atoms. The van der Waals surface area contributed by atoms with Crippen LogP contribution >= 0.6 is 0 Å². The van der Waals surface area contributed by atoms with Gasteiger partial charge in [-0.25, -0.2) is 0 Å². The van der Waals surface area contributed by atoms with Crippen LogP contribution in [0.1, 0.15) is 0 Å². The van der Waals surface area contributed by atoms with Crippen molar-refractivity contribution in [2.24, 2.45) is 0 Å². The van der Waals surface area contributed by atoms with Crippen molar-refractivity contribution in [3.05, 3.63) is 18.3 Å². The predicted molar refractivity (Wildman–Crippen MR) is 53.8 cm³/mol. The summed E-state index contributed by atoms with van der Waals surface area (Å²) >= 11 is -1.88. The second kappa shape index (κ2) is 3.64. The van der Waals surface area contributed by atoms with E-state index in [4.69, 9.17) is 4.74 Å². The Bertz CT molecular complexity index is 250. The average molecular weight is 272 g/mol. The first-order valence-corrected chi connectivity index (χ1v) is 14.0. The number of nitrogens with zero attached hydrogens (tertiary/aromatic N) is 1. The standard InChI is InChI=1S/C6H6NO.3CH3.Sn/c1-8-6-4-2-3-5-7-6;;;;/h2,4-5H,1H3;3*1H3;. The van der Waals surface area contributed by atoms with Gasteiger partial charge in [-0.3, -0.25) is 0 Å². The number of rotatable bonds is 2. The van der Waals surface area contributed by atoms with Gasteiger partial charge in [0.15, 0.2) is 0 Å². The summed E-state index contributed by atoms with van der Waals surface area (Å²) in [5, 5.41) is 0. The second-order valence-electron chi connectivity index (χ2n) is 3.84. The first kappa shape index (κ1) is 9.83. The van der Waals surface area contributed by atoms with E-state index in [0.717, 1.165) is 0 Å². The summed E-state index contributed by atoms with van der Waals surface area (Å²) in [5.41, 5.74) is 0. The quantitative estimate of drug-likeness (QED) is 0.763. The van der Waals surface area contributed by atoms with Gasteiger partial charge in [0.05, 0.1) is 0 Å². The molecule has 0 aliphatic rings. The van der Waals surface area contributed by atoms with Crippen LogP contribution in [0.2, 0.25) is 14.8 Å². The third-order valence-electron chi connectivity index (χ3n) is 1.81. The van der Waals surface area contributed by atoms with Crippen LogP contribution in [0.15, 0.2) is 18.3 Å². The summed E-state index contributed by atoms with van der Waals surface area (Å²) in [6, 6.07) is 4.08. The summed E-state index contributed by atoms with van der Waals surface area (Å²) in [4.78, 5) is 11.3. The SMILES string of the molecule is COc1cc[c]([Sn]([CH3])([CH3])[CH3])cn1. The number of methoxy groups -OCH3 is 1. The summed E-state index contributed by atoms with van der Waals surface area (Å²) in [6.45, 7) is 0. The van der Waals surface area contributed by atoms with Gasteiger partial charge < -0.3 is 0 Å². The van der Waals surface area contributed by atoms with Crippen LogP contribution in [0.25, 0.3) is 0 Å². The summed E-state index contributed by atoms with van der Waals surface area (Å²) in [6.07, 6.45) is 1.95. The molecule has 3 heteroatoms. The molecule has 0 bridgehead atoms. The molecule has 0 amide bonds. The number of pyridine rings is 1. The predicted octanol–water partition coefficient (Wildman–Crippen LogP) is 1.64. The fourth-order valence-corrected chi connectivity index (χ4v) is 3.90. The average Bonchev–Trinajstić information content (AvgIpc) is 2.03. The van der Waals surface area contributed by atoms with Crippen LogP contribution in [0.4, 0.5) is 0 Å². The zero-order valence-corrected chi connectivity index (χ0v) is 10.9. The van der Waals surface area contributed by atoms with Gasteiger partial charge in [-0.1, -0.05) is 0 Å². The van der Waals surface area contributed by atoms with Crippen LogP contribution in [0, 0.1) is 0 Å². The number of ether oxygens (including phenoxy) is 1. The molecule has 0 aliphatic carbocycles. The van der Waals surface area contributed by atoms with Crippen LogP contribution in [0.3, 0.4) is 0 Å². The summed E-state index contributed by atoms with van der Waals surface area (Å²) < 4.78 is 6.43. The maximum atomic E-state index is 4.99. The molecule has 66 valence electrons. The van der Waals surface area contributed by atoms with Gasteiger partial charge in [-0.15, -0.1) is 0 Å². The third-order valence-corrected chi connectivity index (χ3v) is 7.60. The molecule has 1 rings (SSSR count). The molecule has 0 fully saturated rings. The number of hydrogen-bond donors (Lipinski definition) is 0. The fraction of sp³-hybridized carbons (Fsp3) is 0.444. The van der Waals surface area contributed by atoms with E-state index in [0.29, 0.717) is 5.88 Å². The van der Waals surface area contributed by atoms with E-state index < -0.39 is 18.4 Å². The Morgan fingerprint density at radius 2 is 1.92 bits per heavy atom. The minimum absolute atomic E-state index is 0.703. The van der Waals surface area contributed by atoms with Crippen molar-refractivity contribution in [1.29, 1.82) is 0 Å². The molecular weight excluding hydrogens is 257 g/mol. The van der Waals surface area contributed by atoms with Crippen LogP contribution in [-0.4, -0.2) is 30.5 Å². The van der Waals surface area contributed by atoms with Gasteiger partial charge in [0.2, 0.25) is 0 Å². The van der Waals surface area contributed by atoms with Crippen molar-refractivity contribution in [1.82, 2.24) is 4.98 Å². The number of aromatic nitrogens is 1. The zero-order valence-electron chi connectivity index (χ0n) is 8.09. The summed E-state index contributed by atoms with van der Waals surface area (Å²) in [5.74, 6) is 0.703. The topological polar surface area (TPSA) is 22.1 Å². The first-order chi connectivity index (χ1) is 5.54. The second-order valence-corrected chi connectivity index (χ2v) is 18.3. The number of hydrogen-bond acceptors (Lipinski definition) is 2. The van der Waals surface area contributed by atoms with Crippen molar-refractivity contribution in [3.8, 4) is 5.88 Å². The fourth-order valence-electron chi connectivity index (χ4n) is 0.945. The molecule has 0 radical (unpaired) electrons. The maximum absolute atomic E-state index is 4.99. The monoisotopic (exact) mass is 273 g/mol. The molecule has 0 N–H and O–H groups in total. The Balaban J connectivity index is 2.93. The normalized spacial score (nSPS) is 11.3. The summed E-state index contributed by atoms with van der Waals surface area (Å²) in [7, 11) is 1.64. The molecule has 0 saturated heterocycles. The molecule has 12 heavy (non-hydrogen) atoms. The molecule has 0 aliphatic heterocycles. The molecule has 0 unspecified atom stereocenters. The zero-order chi connectivity index (χ0) is 9.19. The molecule has 0 atom stereocenters. The Kier molecular flexibility index (Phi) is 2.98. The minimum atomic E-state index is -1.88. The van der Waals surface area contributed by atoms with E-state index in [9.17, 15) is 0 Å². The van der Waals surface area contributed by atoms with Gasteiger partial charge in [0.25, 0.3) is 0 Å². The van der Waals surface area contributed by atoms with Crippen LogP contribution in [0.5, 0.6) is 5.88 Å². The van der Waals surface area contributed by atoms with Crippen LogP contribution < -0.4 is 8.32 Å². The Labute approximate surface area is 77.8 Å². The van der Waals surface area contributed by atoms with E-state index in [1.54, 1.807) is 7.11 Å². The van der Waals surface area contributed by atoms with E-state index in [1.807, 2.05) is 12.3 Å². The van der Waals surface area contributed by atoms with Crippen molar-refractivity contribution < 1.29 is 4.74 Å². The first-order valence-electron chi connectivity index (χ1n) is 4.04. The van der Waals surface area contributed by atoms with Gasteiger partial charge in [-0.05, 0) is 0 Å². The Hall–Kier alpha value is -0.251. The van der Waals surface area contributed by atoms with Crippen molar-refractivity contribution in [2.75, 3.05) is 7.11 Å². The molecule has 1 aromatic heterocycles. The molecule has 0 saturated carbocycles. The third kappa shape index (κ3) is 2.37. The van der Waals surface area contributed by atoms with Gasteiger partial charge in [-0.2, -0.15) is 0 Å². The van der Waals surface area contributed by atoms with Crippen molar-refractivity contribution in [2.45, 2.75) is 14.8 Å².